The maximum atomic E-state index is 14.0. The van der Waals surface area contributed by atoms with Crippen molar-refractivity contribution in [1.29, 1.82) is 0 Å². The number of likely N-dealkylation sites (N-methyl/N-ethyl adjacent to an activating group) is 1. The molecule has 1 aliphatic rings. The van der Waals surface area contributed by atoms with Crippen molar-refractivity contribution in [2.24, 2.45) is 12.8 Å². The molecule has 2 aromatic rings. The Morgan fingerprint density at radius 1 is 1.33 bits per heavy atom. The van der Waals surface area contributed by atoms with Crippen LogP contribution in [0, 0.1) is 0 Å². The van der Waals surface area contributed by atoms with E-state index in [2.05, 4.69) is 10.00 Å². The van der Waals surface area contributed by atoms with E-state index in [9.17, 15) is 13.2 Å². The number of aromatic nitrogens is 2. The molecule has 30 heavy (non-hydrogen) atoms. The summed E-state index contributed by atoms with van der Waals surface area (Å²) in [6.07, 6.45) is 6.07. The first-order valence-electron chi connectivity index (χ1n) is 10.1. The van der Waals surface area contributed by atoms with Gasteiger partial charge in [0.2, 0.25) is 0 Å². The van der Waals surface area contributed by atoms with Gasteiger partial charge in [0, 0.05) is 24.7 Å². The fourth-order valence-corrected chi connectivity index (χ4v) is 7.00. The summed E-state index contributed by atoms with van der Waals surface area (Å²) < 4.78 is 31.6. The third-order valence-electron chi connectivity index (χ3n) is 5.31. The van der Waals surface area contributed by atoms with Gasteiger partial charge < -0.3 is 10.6 Å². The predicted octanol–water partition coefficient (Wildman–Crippen LogP) is 2.34. The Morgan fingerprint density at radius 3 is 2.60 bits per heavy atom. The van der Waals surface area contributed by atoms with Crippen molar-refractivity contribution in [1.82, 2.24) is 14.7 Å². The number of rotatable bonds is 7. The van der Waals surface area contributed by atoms with E-state index in [-0.39, 0.29) is 6.04 Å². The first kappa shape index (κ1) is 22.6. The second kappa shape index (κ2) is 8.94. The van der Waals surface area contributed by atoms with E-state index < -0.39 is 16.2 Å². The number of thiophene rings is 1. The molecule has 1 aliphatic heterocycles. The van der Waals surface area contributed by atoms with Gasteiger partial charge in [0.1, 0.15) is 5.00 Å². The van der Waals surface area contributed by atoms with Gasteiger partial charge in [-0.15, -0.1) is 11.3 Å². The molecule has 166 valence electrons. The van der Waals surface area contributed by atoms with Crippen LogP contribution in [0.4, 0.5) is 15.5 Å². The number of urea groups is 1. The van der Waals surface area contributed by atoms with Gasteiger partial charge in [-0.25, -0.2) is 9.10 Å². The number of likely N-dealkylation sites (tertiary alicyclic amines) is 1. The van der Waals surface area contributed by atoms with Crippen LogP contribution in [-0.4, -0.2) is 55.3 Å². The molecule has 0 spiro atoms. The number of anilines is 2. The number of carbonyl (C=O) groups excluding carboxylic acids is 1. The highest BCUT2D eigenvalue weighted by molar-refractivity contribution is 7.95. The number of primary amides is 1. The summed E-state index contributed by atoms with van der Waals surface area (Å²) in [5.74, 6) is 0. The monoisotopic (exact) mass is 454 g/mol. The normalized spacial score (nSPS) is 17.8. The topological polar surface area (TPSA) is 105 Å². The Kier molecular flexibility index (Phi) is 6.73. The minimum atomic E-state index is -4.28. The van der Waals surface area contributed by atoms with E-state index in [1.807, 2.05) is 27.0 Å². The van der Waals surface area contributed by atoms with Crippen molar-refractivity contribution >= 4 is 38.3 Å². The summed E-state index contributed by atoms with van der Waals surface area (Å²) in [5, 5.41) is 4.53. The summed E-state index contributed by atoms with van der Waals surface area (Å²) >= 11 is 1.30. The molecule has 1 saturated heterocycles. The van der Waals surface area contributed by atoms with E-state index in [1.165, 1.54) is 21.8 Å². The number of aryl methyl sites for hydroxylation is 3. The largest absolute Gasteiger partial charge is 0.350 e. The number of nitrogens with zero attached hydrogens (tertiary/aromatic N) is 5. The molecule has 2 aromatic heterocycles. The summed E-state index contributed by atoms with van der Waals surface area (Å²) in [6, 6.07) is 0.622. The van der Waals surface area contributed by atoms with Crippen LogP contribution < -0.4 is 14.3 Å². The van der Waals surface area contributed by atoms with Crippen molar-refractivity contribution in [2.75, 3.05) is 28.7 Å². The molecule has 3 heterocycles. The minimum absolute atomic E-state index is 0.324. The van der Waals surface area contributed by atoms with Gasteiger partial charge in [0.25, 0.3) is 0 Å². The van der Waals surface area contributed by atoms with Crippen LogP contribution in [0.5, 0.6) is 0 Å². The van der Waals surface area contributed by atoms with Crippen LogP contribution >= 0.6 is 11.3 Å². The highest BCUT2D eigenvalue weighted by atomic mass is 32.2. The predicted molar refractivity (Wildman–Crippen MR) is 120 cm³/mol. The van der Waals surface area contributed by atoms with Crippen LogP contribution in [0.15, 0.2) is 18.5 Å². The third-order valence-corrected chi connectivity index (χ3v) is 8.56. The number of nitrogens with two attached hydrogens (primary N) is 1. The molecule has 0 aliphatic carbocycles. The number of amides is 2. The Morgan fingerprint density at radius 2 is 2.07 bits per heavy atom. The van der Waals surface area contributed by atoms with Gasteiger partial charge >= 0.3 is 16.2 Å². The van der Waals surface area contributed by atoms with E-state index in [4.69, 9.17) is 5.73 Å². The molecule has 0 saturated carbocycles. The third kappa shape index (κ3) is 4.33. The number of carbonyl (C=O) groups is 1. The zero-order valence-electron chi connectivity index (χ0n) is 17.9. The van der Waals surface area contributed by atoms with Gasteiger partial charge in [-0.3, -0.25) is 4.68 Å². The van der Waals surface area contributed by atoms with Gasteiger partial charge in [0.05, 0.1) is 17.9 Å². The zero-order valence-corrected chi connectivity index (χ0v) is 19.5. The Hall–Kier alpha value is -2.11. The Bertz CT molecular complexity index is 1000. The first-order chi connectivity index (χ1) is 14.2. The Labute approximate surface area is 182 Å². The smallest absolute Gasteiger partial charge is 0.335 e. The molecule has 1 unspecified atom stereocenters. The maximum absolute atomic E-state index is 14.0. The summed E-state index contributed by atoms with van der Waals surface area (Å²) in [4.78, 5) is 15.6. The average Bonchev–Trinajstić information content (AvgIpc) is 3.27. The molecule has 0 radical (unpaired) electrons. The van der Waals surface area contributed by atoms with Gasteiger partial charge in [-0.05, 0) is 50.9 Å². The standard InChI is InChI=1S/C19H30N6O3S2/c1-5-14-10-17(6-2)29-18(14)25(19(20)26)30(27,28)24(16-11-21-23(4)13-16)15-8-7-9-22(3)12-15/h10-11,13,15H,5-9,12H2,1-4H3,(H2,20,26). The van der Waals surface area contributed by atoms with Crippen molar-refractivity contribution < 1.29 is 13.2 Å². The quantitative estimate of drug-likeness (QED) is 0.691. The molecule has 2 N–H and O–H groups in total. The number of piperidine rings is 1. The van der Waals surface area contributed by atoms with Crippen LogP contribution in [0.1, 0.15) is 37.1 Å². The summed E-state index contributed by atoms with van der Waals surface area (Å²) in [6.45, 7) is 5.40. The van der Waals surface area contributed by atoms with Crippen LogP contribution in [0.25, 0.3) is 0 Å². The SMILES string of the molecule is CCc1cc(CC)c(N(C(N)=O)S(=O)(=O)N(c2cnn(C)c2)C2CCCN(C)C2)s1. The molecule has 9 nitrogen and oxygen atoms in total. The molecule has 2 amide bonds. The average molecular weight is 455 g/mol. The van der Waals surface area contributed by atoms with Gasteiger partial charge in [0.15, 0.2) is 0 Å². The highest BCUT2D eigenvalue weighted by Crippen LogP contribution is 2.37. The van der Waals surface area contributed by atoms with E-state index in [0.717, 1.165) is 34.1 Å². The van der Waals surface area contributed by atoms with Crippen molar-refractivity contribution in [2.45, 2.75) is 45.6 Å². The lowest BCUT2D eigenvalue weighted by Crippen LogP contribution is -2.56. The lowest BCUT2D eigenvalue weighted by Gasteiger charge is -2.39. The molecule has 0 bridgehead atoms. The maximum Gasteiger partial charge on any atom is 0.335 e. The minimum Gasteiger partial charge on any atom is -0.350 e. The van der Waals surface area contributed by atoms with Crippen molar-refractivity contribution in [3.8, 4) is 0 Å². The lowest BCUT2D eigenvalue weighted by atomic mass is 10.1. The molecule has 1 atom stereocenters. The number of hydrogen-bond donors (Lipinski definition) is 1. The molecule has 0 aromatic carbocycles. The second-order valence-corrected chi connectivity index (χ2v) is 10.4. The first-order valence-corrected chi connectivity index (χ1v) is 12.3. The van der Waals surface area contributed by atoms with Crippen molar-refractivity contribution in [3.05, 3.63) is 28.9 Å². The molecular formula is C19H30N6O3S2. The molecule has 3 rings (SSSR count). The highest BCUT2D eigenvalue weighted by Gasteiger charge is 2.41. The van der Waals surface area contributed by atoms with Gasteiger partial charge in [-0.2, -0.15) is 17.8 Å². The fourth-order valence-electron chi connectivity index (χ4n) is 3.87. The lowest BCUT2D eigenvalue weighted by molar-refractivity contribution is 0.252. The Balaban J connectivity index is 2.14. The summed E-state index contributed by atoms with van der Waals surface area (Å²) in [5.41, 5.74) is 6.89. The zero-order chi connectivity index (χ0) is 22.1. The van der Waals surface area contributed by atoms with Crippen LogP contribution in [0.3, 0.4) is 0 Å². The summed E-state index contributed by atoms with van der Waals surface area (Å²) in [7, 11) is -0.586. The molecule has 11 heteroatoms. The van der Waals surface area contributed by atoms with Crippen LogP contribution in [-0.2, 0) is 30.1 Å². The van der Waals surface area contributed by atoms with E-state index in [0.29, 0.717) is 30.1 Å². The number of hydrogen-bond acceptors (Lipinski definition) is 6. The second-order valence-electron chi connectivity index (χ2n) is 7.59. The van der Waals surface area contributed by atoms with Gasteiger partial charge in [-0.1, -0.05) is 13.8 Å². The molecular weight excluding hydrogens is 424 g/mol. The molecule has 1 fully saturated rings. The van der Waals surface area contributed by atoms with Crippen LogP contribution in [0.2, 0.25) is 0 Å². The fraction of sp³-hybridized carbons (Fsp3) is 0.579. The van der Waals surface area contributed by atoms with E-state index >= 15 is 0 Å². The van der Waals surface area contributed by atoms with Crippen molar-refractivity contribution in [3.63, 3.8) is 0 Å². The van der Waals surface area contributed by atoms with E-state index in [1.54, 1.807) is 17.9 Å².